The smallest absolute Gasteiger partial charge is 0.254 e. The summed E-state index contributed by atoms with van der Waals surface area (Å²) in [6, 6.07) is 9.46. The fourth-order valence-electron chi connectivity index (χ4n) is 2.39. The number of carbonyl (C=O) groups is 1. The lowest BCUT2D eigenvalue weighted by Crippen LogP contribution is -2.27. The molecule has 0 spiro atoms. The molecule has 3 rings (SSSR count). The summed E-state index contributed by atoms with van der Waals surface area (Å²) in [5.74, 6) is 0.258. The highest BCUT2D eigenvalue weighted by molar-refractivity contribution is 5.94. The highest BCUT2D eigenvalue weighted by Gasteiger charge is 2.12. The zero-order valence-corrected chi connectivity index (χ0v) is 14.3. The summed E-state index contributed by atoms with van der Waals surface area (Å²) in [4.78, 5) is 12.0. The van der Waals surface area contributed by atoms with Crippen LogP contribution in [0.2, 0.25) is 0 Å². The molecule has 9 heteroatoms. The van der Waals surface area contributed by atoms with E-state index < -0.39 is 11.7 Å². The van der Waals surface area contributed by atoms with E-state index in [1.165, 1.54) is 12.1 Å². The van der Waals surface area contributed by atoms with E-state index in [0.717, 1.165) is 0 Å². The minimum absolute atomic E-state index is 0.0151. The van der Waals surface area contributed by atoms with Crippen molar-refractivity contribution in [3.05, 3.63) is 53.6 Å². The fraction of sp³-hybridized carbons (Fsp3) is 0.294. The average molecular weight is 358 g/mol. The molecule has 2 aromatic heterocycles. The van der Waals surface area contributed by atoms with Crippen molar-refractivity contribution in [1.82, 2.24) is 25.1 Å². The lowest BCUT2D eigenvalue weighted by atomic mass is 10.2. The SMILES string of the molecule is COCCNc1ccc2nnc(CCNC(=O)c3ccccc3F)n2n1. The molecule has 0 saturated carbocycles. The van der Waals surface area contributed by atoms with E-state index in [9.17, 15) is 9.18 Å². The second kappa shape index (κ2) is 8.34. The molecule has 1 aromatic carbocycles. The first-order valence-electron chi connectivity index (χ1n) is 8.16. The number of benzene rings is 1. The van der Waals surface area contributed by atoms with Crippen molar-refractivity contribution in [3.63, 3.8) is 0 Å². The monoisotopic (exact) mass is 358 g/mol. The number of amides is 1. The topological polar surface area (TPSA) is 93.4 Å². The average Bonchev–Trinajstić information content (AvgIpc) is 3.05. The lowest BCUT2D eigenvalue weighted by Gasteiger charge is -2.07. The Balaban J connectivity index is 1.62. The van der Waals surface area contributed by atoms with Crippen LogP contribution in [-0.4, -0.2) is 52.5 Å². The van der Waals surface area contributed by atoms with Gasteiger partial charge in [0.1, 0.15) is 11.6 Å². The molecule has 0 saturated heterocycles. The molecule has 1 amide bonds. The van der Waals surface area contributed by atoms with Crippen LogP contribution in [-0.2, 0) is 11.2 Å². The highest BCUT2D eigenvalue weighted by Crippen LogP contribution is 2.08. The summed E-state index contributed by atoms with van der Waals surface area (Å²) in [6.45, 7) is 1.49. The number of methoxy groups -OCH3 is 1. The van der Waals surface area contributed by atoms with Gasteiger partial charge in [-0.1, -0.05) is 12.1 Å². The standard InChI is InChI=1S/C17H19FN6O2/c1-26-11-10-19-14-6-7-15-21-22-16(24(15)23-14)8-9-20-17(25)12-4-2-3-5-13(12)18/h2-7H,8-11H2,1H3,(H,19,23)(H,20,25). The third kappa shape index (κ3) is 4.12. The van der Waals surface area contributed by atoms with Gasteiger partial charge in [0.15, 0.2) is 11.5 Å². The zero-order chi connectivity index (χ0) is 18.4. The van der Waals surface area contributed by atoms with Gasteiger partial charge >= 0.3 is 0 Å². The molecular weight excluding hydrogens is 339 g/mol. The first-order chi connectivity index (χ1) is 12.7. The van der Waals surface area contributed by atoms with E-state index in [2.05, 4.69) is 25.9 Å². The van der Waals surface area contributed by atoms with Gasteiger partial charge in [0.25, 0.3) is 5.91 Å². The van der Waals surface area contributed by atoms with Gasteiger partial charge in [0.2, 0.25) is 0 Å². The molecule has 0 unspecified atom stereocenters. The van der Waals surface area contributed by atoms with Crippen molar-refractivity contribution in [3.8, 4) is 0 Å². The first-order valence-corrected chi connectivity index (χ1v) is 8.16. The Morgan fingerprint density at radius 2 is 2.04 bits per heavy atom. The summed E-state index contributed by atoms with van der Waals surface area (Å²) in [6.07, 6.45) is 0.413. The van der Waals surface area contributed by atoms with Crippen molar-refractivity contribution in [2.75, 3.05) is 32.1 Å². The minimum atomic E-state index is -0.550. The fourth-order valence-corrected chi connectivity index (χ4v) is 2.39. The molecule has 0 aliphatic rings. The number of rotatable bonds is 8. The van der Waals surface area contributed by atoms with Gasteiger partial charge in [-0.15, -0.1) is 15.3 Å². The molecule has 0 atom stereocenters. The van der Waals surface area contributed by atoms with Gasteiger partial charge in [-0.05, 0) is 24.3 Å². The van der Waals surface area contributed by atoms with Crippen LogP contribution in [0.5, 0.6) is 0 Å². The Morgan fingerprint density at radius 3 is 2.85 bits per heavy atom. The number of nitrogens with one attached hydrogen (secondary N) is 2. The summed E-state index contributed by atoms with van der Waals surface area (Å²) in [5, 5.41) is 18.4. The number of ether oxygens (including phenoxy) is 1. The second-order valence-electron chi connectivity index (χ2n) is 5.51. The quantitative estimate of drug-likeness (QED) is 0.590. The van der Waals surface area contributed by atoms with Crippen molar-refractivity contribution in [2.24, 2.45) is 0 Å². The summed E-state index contributed by atoms with van der Waals surface area (Å²) in [7, 11) is 1.63. The number of carbonyl (C=O) groups excluding carboxylic acids is 1. The van der Waals surface area contributed by atoms with Crippen LogP contribution >= 0.6 is 0 Å². The van der Waals surface area contributed by atoms with Crippen molar-refractivity contribution in [1.29, 1.82) is 0 Å². The van der Waals surface area contributed by atoms with Gasteiger partial charge in [-0.25, -0.2) is 4.39 Å². The van der Waals surface area contributed by atoms with Crippen molar-refractivity contribution < 1.29 is 13.9 Å². The van der Waals surface area contributed by atoms with E-state index in [-0.39, 0.29) is 12.1 Å². The zero-order valence-electron chi connectivity index (χ0n) is 14.3. The molecule has 0 radical (unpaired) electrons. The van der Waals surface area contributed by atoms with Gasteiger partial charge in [0.05, 0.1) is 12.2 Å². The molecule has 3 aromatic rings. The van der Waals surface area contributed by atoms with Crippen molar-refractivity contribution in [2.45, 2.75) is 6.42 Å². The number of hydrogen-bond acceptors (Lipinski definition) is 6. The first kappa shape index (κ1) is 17.7. The maximum Gasteiger partial charge on any atom is 0.254 e. The summed E-state index contributed by atoms with van der Waals surface area (Å²) >= 11 is 0. The molecular formula is C17H19FN6O2. The van der Waals surface area contributed by atoms with E-state index in [4.69, 9.17) is 4.74 Å². The van der Waals surface area contributed by atoms with E-state index in [0.29, 0.717) is 36.9 Å². The number of aromatic nitrogens is 4. The third-order valence-electron chi connectivity index (χ3n) is 3.69. The molecule has 0 fully saturated rings. The number of nitrogens with zero attached hydrogens (tertiary/aromatic N) is 4. The Kier molecular flexibility index (Phi) is 5.69. The van der Waals surface area contributed by atoms with E-state index in [1.807, 2.05) is 6.07 Å². The van der Waals surface area contributed by atoms with Gasteiger partial charge in [-0.3, -0.25) is 4.79 Å². The predicted molar refractivity (Wildman–Crippen MR) is 93.6 cm³/mol. The molecule has 0 bridgehead atoms. The number of hydrogen-bond donors (Lipinski definition) is 2. The third-order valence-corrected chi connectivity index (χ3v) is 3.69. The maximum atomic E-state index is 13.6. The lowest BCUT2D eigenvalue weighted by molar-refractivity contribution is 0.0950. The summed E-state index contributed by atoms with van der Waals surface area (Å²) in [5.41, 5.74) is 0.624. The van der Waals surface area contributed by atoms with Crippen LogP contribution in [0.15, 0.2) is 36.4 Å². The van der Waals surface area contributed by atoms with Crippen LogP contribution in [0.1, 0.15) is 16.2 Å². The van der Waals surface area contributed by atoms with Gasteiger partial charge in [0, 0.05) is 26.6 Å². The van der Waals surface area contributed by atoms with Gasteiger partial charge in [-0.2, -0.15) is 4.52 Å². The van der Waals surface area contributed by atoms with E-state index in [1.54, 1.807) is 29.8 Å². The molecule has 0 aliphatic heterocycles. The van der Waals surface area contributed by atoms with Gasteiger partial charge < -0.3 is 15.4 Å². The summed E-state index contributed by atoms with van der Waals surface area (Å²) < 4.78 is 20.2. The van der Waals surface area contributed by atoms with E-state index >= 15 is 0 Å². The number of halogens is 1. The van der Waals surface area contributed by atoms with Crippen LogP contribution in [0, 0.1) is 5.82 Å². The van der Waals surface area contributed by atoms with Crippen molar-refractivity contribution >= 4 is 17.4 Å². The molecule has 26 heavy (non-hydrogen) atoms. The second-order valence-corrected chi connectivity index (χ2v) is 5.51. The van der Waals surface area contributed by atoms with Crippen LogP contribution in [0.4, 0.5) is 10.2 Å². The van der Waals surface area contributed by atoms with Crippen LogP contribution in [0.3, 0.4) is 0 Å². The Morgan fingerprint density at radius 1 is 1.19 bits per heavy atom. The highest BCUT2D eigenvalue weighted by atomic mass is 19.1. The molecule has 2 heterocycles. The largest absolute Gasteiger partial charge is 0.383 e. The molecule has 0 aliphatic carbocycles. The Labute approximate surface area is 149 Å². The van der Waals surface area contributed by atoms with Crippen LogP contribution < -0.4 is 10.6 Å². The molecule has 136 valence electrons. The molecule has 8 nitrogen and oxygen atoms in total. The Hall–Kier alpha value is -3.07. The minimum Gasteiger partial charge on any atom is -0.383 e. The molecule has 2 N–H and O–H groups in total. The predicted octanol–water partition coefficient (Wildman–Crippen LogP) is 1.29. The number of anilines is 1. The normalized spacial score (nSPS) is 10.8. The number of fused-ring (bicyclic) bond motifs is 1. The Bertz CT molecular complexity index is 898. The van der Waals surface area contributed by atoms with Crippen LogP contribution in [0.25, 0.3) is 5.65 Å². The maximum absolute atomic E-state index is 13.6.